The van der Waals surface area contributed by atoms with E-state index in [-0.39, 0.29) is 24.2 Å². The highest BCUT2D eigenvalue weighted by Crippen LogP contribution is 2.31. The highest BCUT2D eigenvalue weighted by molar-refractivity contribution is 9.10. The molecular weight excluding hydrogens is 490 g/mol. The summed E-state index contributed by atoms with van der Waals surface area (Å²) in [6.45, 7) is 5.42. The second kappa shape index (κ2) is 11.0. The fourth-order valence-electron chi connectivity index (χ4n) is 4.01. The summed E-state index contributed by atoms with van der Waals surface area (Å²) in [5, 5.41) is 3.36. The molecule has 0 amide bonds. The number of esters is 3. The van der Waals surface area contributed by atoms with Crippen molar-refractivity contribution >= 4 is 33.8 Å². The van der Waals surface area contributed by atoms with E-state index in [1.807, 2.05) is 12.2 Å². The van der Waals surface area contributed by atoms with Crippen molar-refractivity contribution in [3.05, 3.63) is 57.7 Å². The zero-order valence-corrected chi connectivity index (χ0v) is 20.8. The first-order chi connectivity index (χ1) is 15.6. The average molecular weight is 520 g/mol. The molecule has 0 spiro atoms. The number of rotatable bonds is 7. The first kappa shape index (κ1) is 25.0. The topological polar surface area (TPSA) is 90.9 Å². The Morgan fingerprint density at radius 2 is 1.85 bits per heavy atom. The molecule has 7 nitrogen and oxygen atoms in total. The highest BCUT2D eigenvalue weighted by atomic mass is 79.9. The second-order valence-electron chi connectivity index (χ2n) is 8.93. The number of ether oxygens (including phenoxy) is 3. The van der Waals surface area contributed by atoms with Crippen molar-refractivity contribution < 1.29 is 28.6 Å². The van der Waals surface area contributed by atoms with Crippen LogP contribution in [0.3, 0.4) is 0 Å². The molecule has 0 radical (unpaired) electrons. The lowest BCUT2D eigenvalue weighted by atomic mass is 9.88. The Balaban J connectivity index is 1.44. The fourth-order valence-corrected chi connectivity index (χ4v) is 4.27. The van der Waals surface area contributed by atoms with Crippen molar-refractivity contribution in [3.63, 3.8) is 0 Å². The number of nitrogens with one attached hydrogen (secondary N) is 1. The van der Waals surface area contributed by atoms with E-state index in [1.54, 1.807) is 38.1 Å². The van der Waals surface area contributed by atoms with E-state index in [0.29, 0.717) is 23.6 Å². The third-order valence-electron chi connectivity index (χ3n) is 5.49. The summed E-state index contributed by atoms with van der Waals surface area (Å²) >= 11 is 3.34. The van der Waals surface area contributed by atoms with Gasteiger partial charge in [-0.1, -0.05) is 35.0 Å². The molecule has 33 heavy (non-hydrogen) atoms. The standard InChI is InChI=1S/C25H30BrNO6/c1-16-14-19(27-20(15-16)21-23(29)32-25(2,3)33-24(21)30)8-6-4-5-7-13-31-22(28)17-9-11-18(26)12-10-17/h5,7,9-12,16,19,27H,4,6,8,13-15H2,1-3H3/b7-5-/t16-,19+/m1/s1. The first-order valence-corrected chi connectivity index (χ1v) is 12.0. The van der Waals surface area contributed by atoms with Gasteiger partial charge in [0.15, 0.2) is 5.57 Å². The summed E-state index contributed by atoms with van der Waals surface area (Å²) in [6.07, 6.45) is 8.06. The summed E-state index contributed by atoms with van der Waals surface area (Å²) < 4.78 is 16.6. The first-order valence-electron chi connectivity index (χ1n) is 11.2. The molecule has 0 unspecified atom stereocenters. The van der Waals surface area contributed by atoms with Crippen molar-refractivity contribution in [1.82, 2.24) is 5.32 Å². The molecule has 2 aliphatic rings. The Hall–Kier alpha value is -2.61. The van der Waals surface area contributed by atoms with Gasteiger partial charge in [-0.05, 0) is 62.3 Å². The lowest BCUT2D eigenvalue weighted by Gasteiger charge is -2.35. The average Bonchev–Trinajstić information content (AvgIpc) is 2.71. The minimum atomic E-state index is -1.24. The van der Waals surface area contributed by atoms with E-state index in [9.17, 15) is 14.4 Å². The Labute approximate surface area is 202 Å². The molecule has 2 aliphatic heterocycles. The Bertz CT molecular complexity index is 928. The van der Waals surface area contributed by atoms with Crippen LogP contribution in [0.15, 0.2) is 52.2 Å². The van der Waals surface area contributed by atoms with Crippen LogP contribution in [0, 0.1) is 5.92 Å². The van der Waals surface area contributed by atoms with Crippen LogP contribution in [0.25, 0.3) is 0 Å². The summed E-state index contributed by atoms with van der Waals surface area (Å²) in [5.41, 5.74) is 1.11. The van der Waals surface area contributed by atoms with Gasteiger partial charge in [-0.3, -0.25) is 0 Å². The fraction of sp³-hybridized carbons (Fsp3) is 0.480. The van der Waals surface area contributed by atoms with Gasteiger partial charge in [0.25, 0.3) is 5.79 Å². The summed E-state index contributed by atoms with van der Waals surface area (Å²) in [5.74, 6) is -2.52. The Kier molecular flexibility index (Phi) is 8.35. The normalized spacial score (nSPS) is 22.5. The lowest BCUT2D eigenvalue weighted by molar-refractivity contribution is -0.222. The van der Waals surface area contributed by atoms with Crippen LogP contribution in [-0.4, -0.2) is 36.3 Å². The predicted molar refractivity (Wildman–Crippen MR) is 126 cm³/mol. The number of benzene rings is 1. The zero-order chi connectivity index (χ0) is 24.0. The number of carbonyl (C=O) groups is 3. The molecule has 3 rings (SSSR count). The smallest absolute Gasteiger partial charge is 0.350 e. The SMILES string of the molecule is C[C@H]1CC(=C2C(=O)OC(C)(C)OC2=O)N[C@@H](CCC/C=C\COC(=O)c2ccc(Br)cc2)C1. The third kappa shape index (κ3) is 7.19. The molecule has 0 aromatic heterocycles. The molecule has 178 valence electrons. The molecule has 0 aliphatic carbocycles. The third-order valence-corrected chi connectivity index (χ3v) is 6.01. The van der Waals surface area contributed by atoms with Crippen LogP contribution in [0.1, 0.15) is 63.2 Å². The van der Waals surface area contributed by atoms with Gasteiger partial charge in [-0.2, -0.15) is 0 Å². The van der Waals surface area contributed by atoms with Crippen LogP contribution < -0.4 is 5.32 Å². The maximum Gasteiger partial charge on any atom is 0.350 e. The summed E-state index contributed by atoms with van der Waals surface area (Å²) in [7, 11) is 0. The lowest BCUT2D eigenvalue weighted by Crippen LogP contribution is -2.45. The maximum atomic E-state index is 12.4. The molecule has 0 bridgehead atoms. The quantitative estimate of drug-likeness (QED) is 0.181. The van der Waals surface area contributed by atoms with Crippen LogP contribution in [0.2, 0.25) is 0 Å². The molecule has 2 saturated heterocycles. The van der Waals surface area contributed by atoms with Crippen molar-refractivity contribution in [1.29, 1.82) is 0 Å². The van der Waals surface area contributed by atoms with Gasteiger partial charge in [0, 0.05) is 30.1 Å². The van der Waals surface area contributed by atoms with Gasteiger partial charge in [0.1, 0.15) is 6.61 Å². The zero-order valence-electron chi connectivity index (χ0n) is 19.2. The Morgan fingerprint density at radius 3 is 2.52 bits per heavy atom. The summed E-state index contributed by atoms with van der Waals surface area (Å²) in [6, 6.07) is 7.19. The molecule has 2 fully saturated rings. The number of cyclic esters (lactones) is 2. The number of unbranched alkanes of at least 4 members (excludes halogenated alkanes) is 1. The summed E-state index contributed by atoms with van der Waals surface area (Å²) in [4.78, 5) is 36.7. The van der Waals surface area contributed by atoms with Crippen molar-refractivity contribution in [3.8, 4) is 0 Å². The van der Waals surface area contributed by atoms with Gasteiger partial charge in [0.2, 0.25) is 0 Å². The molecular formula is C25H30BrNO6. The molecule has 1 N–H and O–H groups in total. The number of halogens is 1. The molecule has 0 saturated carbocycles. The number of hydrogen-bond donors (Lipinski definition) is 1. The predicted octanol–water partition coefficient (Wildman–Crippen LogP) is 4.81. The van der Waals surface area contributed by atoms with Crippen LogP contribution in [-0.2, 0) is 23.8 Å². The van der Waals surface area contributed by atoms with E-state index in [4.69, 9.17) is 14.2 Å². The van der Waals surface area contributed by atoms with E-state index >= 15 is 0 Å². The number of carbonyl (C=O) groups excluding carboxylic acids is 3. The van der Waals surface area contributed by atoms with Gasteiger partial charge in [-0.15, -0.1) is 0 Å². The van der Waals surface area contributed by atoms with Crippen molar-refractivity contribution in [2.45, 2.75) is 64.7 Å². The second-order valence-corrected chi connectivity index (χ2v) is 9.84. The molecule has 1 aromatic carbocycles. The van der Waals surface area contributed by atoms with Crippen LogP contribution in [0.5, 0.6) is 0 Å². The minimum absolute atomic E-state index is 0.0154. The number of hydrogen-bond acceptors (Lipinski definition) is 7. The largest absolute Gasteiger partial charge is 0.458 e. The number of piperidine rings is 1. The van der Waals surface area contributed by atoms with E-state index in [1.165, 1.54) is 0 Å². The van der Waals surface area contributed by atoms with Crippen LogP contribution >= 0.6 is 15.9 Å². The highest BCUT2D eigenvalue weighted by Gasteiger charge is 2.42. The van der Waals surface area contributed by atoms with Gasteiger partial charge in [0.05, 0.1) is 5.56 Å². The Morgan fingerprint density at radius 1 is 1.18 bits per heavy atom. The van der Waals surface area contributed by atoms with E-state index in [2.05, 4.69) is 28.2 Å². The number of allylic oxidation sites excluding steroid dienone is 2. The maximum absolute atomic E-state index is 12.4. The van der Waals surface area contributed by atoms with Gasteiger partial charge >= 0.3 is 17.9 Å². The van der Waals surface area contributed by atoms with Crippen molar-refractivity contribution in [2.24, 2.45) is 5.92 Å². The van der Waals surface area contributed by atoms with Gasteiger partial charge < -0.3 is 19.5 Å². The van der Waals surface area contributed by atoms with Crippen molar-refractivity contribution in [2.75, 3.05) is 6.61 Å². The van der Waals surface area contributed by atoms with E-state index in [0.717, 1.165) is 30.2 Å². The molecule has 2 atom stereocenters. The van der Waals surface area contributed by atoms with Crippen LogP contribution in [0.4, 0.5) is 0 Å². The molecule has 1 aromatic rings. The minimum Gasteiger partial charge on any atom is -0.458 e. The molecule has 8 heteroatoms. The van der Waals surface area contributed by atoms with Gasteiger partial charge in [-0.25, -0.2) is 14.4 Å². The monoisotopic (exact) mass is 519 g/mol. The molecule has 2 heterocycles. The van der Waals surface area contributed by atoms with E-state index < -0.39 is 17.7 Å².